The van der Waals surface area contributed by atoms with Gasteiger partial charge in [-0.25, -0.2) is 0 Å². The maximum absolute atomic E-state index is 12.7. The predicted octanol–water partition coefficient (Wildman–Crippen LogP) is 4.61. The van der Waals surface area contributed by atoms with Crippen LogP contribution in [0.25, 0.3) is 0 Å². The third kappa shape index (κ3) is 4.82. The summed E-state index contributed by atoms with van der Waals surface area (Å²) in [6, 6.07) is 13.9. The van der Waals surface area contributed by atoms with Gasteiger partial charge < -0.3 is 14.8 Å². The highest BCUT2D eigenvalue weighted by atomic mass is 16.5. The Kier molecular flexibility index (Phi) is 6.38. The van der Waals surface area contributed by atoms with E-state index >= 15 is 0 Å². The molecule has 0 unspecified atom stereocenters. The first-order valence-electron chi connectivity index (χ1n) is 9.83. The molecule has 0 saturated carbocycles. The molecule has 4 nitrogen and oxygen atoms in total. The van der Waals surface area contributed by atoms with Gasteiger partial charge in [0.2, 0.25) is 0 Å². The number of benzene rings is 2. The van der Waals surface area contributed by atoms with Crippen LogP contribution in [-0.4, -0.2) is 19.1 Å². The van der Waals surface area contributed by atoms with Crippen molar-refractivity contribution in [3.8, 4) is 11.5 Å². The largest absolute Gasteiger partial charge is 0.497 e. The van der Waals surface area contributed by atoms with Crippen LogP contribution < -0.4 is 14.8 Å². The number of nitrogens with one attached hydrogen (secondary N) is 1. The normalized spacial score (nSPS) is 15.4. The minimum Gasteiger partial charge on any atom is -0.497 e. The minimum atomic E-state index is -0.515. The van der Waals surface area contributed by atoms with Gasteiger partial charge in [-0.3, -0.25) is 4.79 Å². The Hall–Kier alpha value is -2.49. The van der Waals surface area contributed by atoms with Crippen molar-refractivity contribution in [1.29, 1.82) is 0 Å². The van der Waals surface area contributed by atoms with Crippen LogP contribution in [0.15, 0.2) is 42.5 Å². The average Bonchev–Trinajstić information content (AvgIpc) is 2.71. The molecule has 4 heteroatoms. The van der Waals surface area contributed by atoms with E-state index in [4.69, 9.17) is 9.47 Å². The molecule has 0 saturated heterocycles. The highest BCUT2D eigenvalue weighted by Gasteiger charge is 2.21. The number of carbonyl (C=O) groups is 1. The van der Waals surface area contributed by atoms with Crippen LogP contribution >= 0.6 is 0 Å². The van der Waals surface area contributed by atoms with Gasteiger partial charge in [0.05, 0.1) is 13.2 Å². The average molecular weight is 367 g/mol. The van der Waals surface area contributed by atoms with E-state index < -0.39 is 6.10 Å². The lowest BCUT2D eigenvalue weighted by Gasteiger charge is -2.22. The monoisotopic (exact) mass is 367 g/mol. The van der Waals surface area contributed by atoms with Gasteiger partial charge >= 0.3 is 0 Å². The van der Waals surface area contributed by atoms with Gasteiger partial charge in [-0.2, -0.15) is 0 Å². The van der Waals surface area contributed by atoms with Crippen molar-refractivity contribution in [2.75, 3.05) is 7.11 Å². The van der Waals surface area contributed by atoms with Gasteiger partial charge in [0.1, 0.15) is 11.5 Å². The van der Waals surface area contributed by atoms with Crippen LogP contribution in [0.1, 0.15) is 55.8 Å². The molecule has 0 fully saturated rings. The zero-order chi connectivity index (χ0) is 19.2. The lowest BCUT2D eigenvalue weighted by atomic mass is 9.89. The van der Waals surface area contributed by atoms with E-state index in [1.54, 1.807) is 7.11 Å². The third-order valence-corrected chi connectivity index (χ3v) is 5.23. The van der Waals surface area contributed by atoms with Gasteiger partial charge in [-0.05, 0) is 80.0 Å². The molecule has 1 N–H and O–H groups in total. The molecule has 27 heavy (non-hydrogen) atoms. The number of aryl methyl sites for hydroxylation is 2. The number of hydrogen-bond donors (Lipinski definition) is 1. The maximum Gasteiger partial charge on any atom is 0.261 e. The Bertz CT molecular complexity index is 770. The van der Waals surface area contributed by atoms with Crippen molar-refractivity contribution < 1.29 is 14.3 Å². The summed E-state index contributed by atoms with van der Waals surface area (Å²) in [5.74, 6) is 1.35. The van der Waals surface area contributed by atoms with Crippen molar-refractivity contribution in [2.45, 2.75) is 58.1 Å². The zero-order valence-electron chi connectivity index (χ0n) is 16.5. The molecule has 0 heterocycles. The summed E-state index contributed by atoms with van der Waals surface area (Å²) in [5.41, 5.74) is 4.04. The first-order valence-corrected chi connectivity index (χ1v) is 9.83. The van der Waals surface area contributed by atoms with Gasteiger partial charge in [0.25, 0.3) is 5.91 Å². The lowest BCUT2D eigenvalue weighted by Crippen LogP contribution is -2.39. The summed E-state index contributed by atoms with van der Waals surface area (Å²) in [7, 11) is 1.63. The SMILES string of the molecule is CC[C@@H](Oc1ccc(OC)cc1)C(=O)N[C@@H](C)c1ccc2c(c1)CCCC2. The molecule has 1 amide bonds. The van der Waals surface area contributed by atoms with Crippen molar-refractivity contribution in [3.63, 3.8) is 0 Å². The zero-order valence-corrected chi connectivity index (χ0v) is 16.5. The number of ether oxygens (including phenoxy) is 2. The Morgan fingerprint density at radius 3 is 2.37 bits per heavy atom. The molecule has 144 valence electrons. The summed E-state index contributed by atoms with van der Waals surface area (Å²) < 4.78 is 11.0. The molecular weight excluding hydrogens is 338 g/mol. The molecule has 0 aromatic heterocycles. The van der Waals surface area contributed by atoms with E-state index in [9.17, 15) is 4.79 Å². The van der Waals surface area contributed by atoms with Crippen molar-refractivity contribution >= 4 is 5.91 Å². The van der Waals surface area contributed by atoms with E-state index in [0.717, 1.165) is 17.7 Å². The first kappa shape index (κ1) is 19.3. The van der Waals surface area contributed by atoms with Crippen molar-refractivity contribution in [3.05, 3.63) is 59.2 Å². The molecule has 2 aromatic rings. The van der Waals surface area contributed by atoms with Gasteiger partial charge in [0.15, 0.2) is 6.10 Å². The van der Waals surface area contributed by atoms with Crippen LogP contribution in [0.4, 0.5) is 0 Å². The van der Waals surface area contributed by atoms with Crippen molar-refractivity contribution in [2.24, 2.45) is 0 Å². The lowest BCUT2D eigenvalue weighted by molar-refractivity contribution is -0.128. The fraction of sp³-hybridized carbons (Fsp3) is 0.435. The smallest absolute Gasteiger partial charge is 0.261 e. The number of rotatable bonds is 7. The summed E-state index contributed by atoms with van der Waals surface area (Å²) in [6.45, 7) is 3.99. The molecule has 2 atom stereocenters. The molecular formula is C23H29NO3. The predicted molar refractivity (Wildman–Crippen MR) is 107 cm³/mol. The van der Waals surface area contributed by atoms with E-state index in [1.165, 1.54) is 30.4 Å². The summed E-state index contributed by atoms with van der Waals surface area (Å²) in [5, 5.41) is 3.11. The highest BCUT2D eigenvalue weighted by molar-refractivity contribution is 5.81. The van der Waals surface area contributed by atoms with Gasteiger partial charge in [0, 0.05) is 0 Å². The fourth-order valence-electron chi connectivity index (χ4n) is 3.55. The van der Waals surface area contributed by atoms with Crippen LogP contribution in [0.5, 0.6) is 11.5 Å². The third-order valence-electron chi connectivity index (χ3n) is 5.23. The van der Waals surface area contributed by atoms with Crippen LogP contribution in [0, 0.1) is 0 Å². The summed E-state index contributed by atoms with van der Waals surface area (Å²) in [6.07, 6.45) is 4.93. The second kappa shape index (κ2) is 8.94. The molecule has 0 aliphatic heterocycles. The van der Waals surface area contributed by atoms with Gasteiger partial charge in [-0.1, -0.05) is 25.1 Å². The second-order valence-corrected chi connectivity index (χ2v) is 7.16. The van der Waals surface area contributed by atoms with Crippen molar-refractivity contribution in [1.82, 2.24) is 5.32 Å². The van der Waals surface area contributed by atoms with Gasteiger partial charge in [-0.15, -0.1) is 0 Å². The topological polar surface area (TPSA) is 47.6 Å². The maximum atomic E-state index is 12.7. The molecule has 1 aliphatic rings. The number of methoxy groups -OCH3 is 1. The Balaban J connectivity index is 1.63. The number of fused-ring (bicyclic) bond motifs is 1. The summed E-state index contributed by atoms with van der Waals surface area (Å²) >= 11 is 0. The molecule has 2 aromatic carbocycles. The van der Waals surface area contributed by atoms with E-state index in [0.29, 0.717) is 12.2 Å². The number of amides is 1. The number of hydrogen-bond acceptors (Lipinski definition) is 3. The molecule has 0 spiro atoms. The molecule has 3 rings (SSSR count). The Morgan fingerprint density at radius 2 is 1.70 bits per heavy atom. The molecule has 1 aliphatic carbocycles. The minimum absolute atomic E-state index is 0.0433. The Morgan fingerprint density at radius 1 is 1.04 bits per heavy atom. The molecule has 0 bridgehead atoms. The van der Waals surface area contributed by atoms with E-state index in [2.05, 4.69) is 23.5 Å². The number of carbonyl (C=O) groups excluding carboxylic acids is 1. The van der Waals surface area contributed by atoms with E-state index in [-0.39, 0.29) is 11.9 Å². The standard InChI is InChI=1S/C23H29NO3/c1-4-22(27-21-13-11-20(26-3)12-14-21)23(25)24-16(2)18-10-9-17-7-5-6-8-19(17)15-18/h9-16,22H,4-8H2,1-3H3,(H,24,25)/t16-,22+/m0/s1. The molecule has 0 radical (unpaired) electrons. The Labute approximate surface area is 161 Å². The first-order chi connectivity index (χ1) is 13.1. The van der Waals surface area contributed by atoms with Crippen LogP contribution in [-0.2, 0) is 17.6 Å². The second-order valence-electron chi connectivity index (χ2n) is 7.16. The fourth-order valence-corrected chi connectivity index (χ4v) is 3.55. The van der Waals surface area contributed by atoms with Crippen LogP contribution in [0.3, 0.4) is 0 Å². The summed E-state index contributed by atoms with van der Waals surface area (Å²) in [4.78, 5) is 12.7. The van der Waals surface area contributed by atoms with E-state index in [1.807, 2.05) is 38.1 Å². The van der Waals surface area contributed by atoms with Crippen LogP contribution in [0.2, 0.25) is 0 Å². The highest BCUT2D eigenvalue weighted by Crippen LogP contribution is 2.25. The quantitative estimate of drug-likeness (QED) is 0.777.